The number of benzene rings is 1. The Labute approximate surface area is 114 Å². The number of carbonyl (C=O) groups is 2. The van der Waals surface area contributed by atoms with Crippen molar-refractivity contribution in [1.82, 2.24) is 9.78 Å². The monoisotopic (exact) mass is 272 g/mol. The van der Waals surface area contributed by atoms with E-state index in [2.05, 4.69) is 5.10 Å². The fourth-order valence-corrected chi connectivity index (χ4v) is 2.30. The third-order valence-corrected chi connectivity index (χ3v) is 3.36. The molecule has 0 saturated heterocycles. The highest BCUT2D eigenvalue weighted by Gasteiger charge is 2.33. The Morgan fingerprint density at radius 3 is 2.35 bits per heavy atom. The average Bonchev–Trinajstić information content (AvgIpc) is 3.16. The molecule has 0 radical (unpaired) electrons. The number of carboxylic acids is 2. The van der Waals surface area contributed by atoms with Crippen LogP contribution in [0.5, 0.6) is 0 Å². The Balaban J connectivity index is 2.20. The first kappa shape index (κ1) is 12.4. The van der Waals surface area contributed by atoms with Crippen molar-refractivity contribution in [3.05, 3.63) is 47.3 Å². The van der Waals surface area contributed by atoms with Crippen molar-refractivity contribution >= 4 is 11.9 Å². The van der Waals surface area contributed by atoms with Crippen molar-refractivity contribution < 1.29 is 19.8 Å². The van der Waals surface area contributed by atoms with Crippen LogP contribution in [-0.4, -0.2) is 31.9 Å². The first-order valence-corrected chi connectivity index (χ1v) is 6.23. The molecule has 0 spiro atoms. The molecule has 6 nitrogen and oxygen atoms in total. The Bertz CT molecular complexity index is 701. The molecule has 6 heteroatoms. The van der Waals surface area contributed by atoms with E-state index in [9.17, 15) is 19.8 Å². The SMILES string of the molecule is O=C(O)c1ccccc1-n1ncc(C(=O)O)c1C1CC1. The first-order valence-electron chi connectivity index (χ1n) is 6.23. The van der Waals surface area contributed by atoms with E-state index >= 15 is 0 Å². The molecular formula is C14H12N2O4. The van der Waals surface area contributed by atoms with Crippen LogP contribution < -0.4 is 0 Å². The van der Waals surface area contributed by atoms with Crippen molar-refractivity contribution in [1.29, 1.82) is 0 Å². The highest BCUT2D eigenvalue weighted by molar-refractivity contribution is 5.93. The van der Waals surface area contributed by atoms with Crippen LogP contribution in [0.1, 0.15) is 45.2 Å². The predicted octanol–water partition coefficient (Wildman–Crippen LogP) is 2.15. The normalized spacial score (nSPS) is 14.2. The summed E-state index contributed by atoms with van der Waals surface area (Å²) < 4.78 is 1.45. The zero-order valence-corrected chi connectivity index (χ0v) is 10.5. The van der Waals surface area contributed by atoms with E-state index in [1.165, 1.54) is 16.9 Å². The molecule has 1 fully saturated rings. The lowest BCUT2D eigenvalue weighted by molar-refractivity contribution is 0.0686. The number of rotatable bonds is 4. The van der Waals surface area contributed by atoms with Crippen LogP contribution in [0.2, 0.25) is 0 Å². The van der Waals surface area contributed by atoms with Gasteiger partial charge in [0.2, 0.25) is 0 Å². The third-order valence-electron chi connectivity index (χ3n) is 3.36. The smallest absolute Gasteiger partial charge is 0.339 e. The maximum Gasteiger partial charge on any atom is 0.339 e. The third kappa shape index (κ3) is 1.95. The molecule has 20 heavy (non-hydrogen) atoms. The molecular weight excluding hydrogens is 260 g/mol. The summed E-state index contributed by atoms with van der Waals surface area (Å²) in [6, 6.07) is 6.45. The number of nitrogens with zero attached hydrogens (tertiary/aromatic N) is 2. The summed E-state index contributed by atoms with van der Waals surface area (Å²) in [5, 5.41) is 22.5. The lowest BCUT2D eigenvalue weighted by Gasteiger charge is -2.10. The van der Waals surface area contributed by atoms with Crippen molar-refractivity contribution in [2.45, 2.75) is 18.8 Å². The largest absolute Gasteiger partial charge is 0.478 e. The van der Waals surface area contributed by atoms with Gasteiger partial charge in [0.15, 0.2) is 0 Å². The summed E-state index contributed by atoms with van der Waals surface area (Å²) in [5.41, 5.74) is 1.24. The summed E-state index contributed by atoms with van der Waals surface area (Å²) >= 11 is 0. The molecule has 1 heterocycles. The molecule has 0 amide bonds. The van der Waals surface area contributed by atoms with Gasteiger partial charge < -0.3 is 10.2 Å². The van der Waals surface area contributed by atoms with Gasteiger partial charge >= 0.3 is 11.9 Å². The number of aromatic carboxylic acids is 2. The van der Waals surface area contributed by atoms with Crippen LogP contribution in [0.3, 0.4) is 0 Å². The molecule has 2 aromatic rings. The minimum absolute atomic E-state index is 0.106. The number of para-hydroxylation sites is 1. The van der Waals surface area contributed by atoms with Gasteiger partial charge in [0.1, 0.15) is 5.56 Å². The zero-order valence-electron chi connectivity index (χ0n) is 10.5. The summed E-state index contributed by atoms with van der Waals surface area (Å²) in [6.07, 6.45) is 3.09. The standard InChI is InChI=1S/C14H12N2O4/c17-13(18)9-3-1-2-4-11(9)16-12(8-5-6-8)10(7-15-16)14(19)20/h1-4,7-8H,5-6H2,(H,17,18)(H,19,20). The van der Waals surface area contributed by atoms with E-state index in [-0.39, 0.29) is 17.0 Å². The molecule has 102 valence electrons. The van der Waals surface area contributed by atoms with Crippen LogP contribution in [-0.2, 0) is 0 Å². The average molecular weight is 272 g/mol. The van der Waals surface area contributed by atoms with Crippen molar-refractivity contribution in [2.75, 3.05) is 0 Å². The molecule has 3 rings (SSSR count). The van der Waals surface area contributed by atoms with Gasteiger partial charge in [-0.2, -0.15) is 5.10 Å². The van der Waals surface area contributed by atoms with Gasteiger partial charge in [0, 0.05) is 5.92 Å². The maximum absolute atomic E-state index is 11.3. The highest BCUT2D eigenvalue weighted by atomic mass is 16.4. The molecule has 0 aliphatic heterocycles. The van der Waals surface area contributed by atoms with Crippen LogP contribution in [0.25, 0.3) is 5.69 Å². The van der Waals surface area contributed by atoms with Crippen molar-refractivity contribution in [3.63, 3.8) is 0 Å². The van der Waals surface area contributed by atoms with Crippen molar-refractivity contribution in [2.24, 2.45) is 0 Å². The Hall–Kier alpha value is -2.63. The summed E-state index contributed by atoms with van der Waals surface area (Å²) in [4.78, 5) is 22.5. The maximum atomic E-state index is 11.3. The first-order chi connectivity index (χ1) is 9.59. The fraction of sp³-hybridized carbons (Fsp3) is 0.214. The Morgan fingerprint density at radius 2 is 1.75 bits per heavy atom. The van der Waals surface area contributed by atoms with E-state index in [4.69, 9.17) is 0 Å². The minimum Gasteiger partial charge on any atom is -0.478 e. The lowest BCUT2D eigenvalue weighted by Crippen LogP contribution is -2.10. The van der Waals surface area contributed by atoms with Crippen LogP contribution in [0.4, 0.5) is 0 Å². The Kier molecular flexibility index (Phi) is 2.78. The summed E-state index contributed by atoms with van der Waals surface area (Å²) in [5.74, 6) is -1.95. The number of hydrogen-bond acceptors (Lipinski definition) is 3. The van der Waals surface area contributed by atoms with Gasteiger partial charge in [-0.3, -0.25) is 0 Å². The number of aromatic nitrogens is 2. The minimum atomic E-state index is -1.06. The van der Waals surface area contributed by atoms with Gasteiger partial charge in [-0.25, -0.2) is 14.3 Å². The van der Waals surface area contributed by atoms with Gasteiger partial charge in [-0.1, -0.05) is 12.1 Å². The number of carboxylic acid groups (broad SMARTS) is 2. The van der Waals surface area contributed by atoms with Gasteiger partial charge in [-0.05, 0) is 25.0 Å². The van der Waals surface area contributed by atoms with Gasteiger partial charge in [0.05, 0.1) is 23.1 Å². The predicted molar refractivity (Wildman–Crippen MR) is 69.5 cm³/mol. The molecule has 0 atom stereocenters. The van der Waals surface area contributed by atoms with E-state index in [0.29, 0.717) is 11.4 Å². The summed E-state index contributed by atoms with van der Waals surface area (Å²) in [6.45, 7) is 0. The molecule has 2 N–H and O–H groups in total. The quantitative estimate of drug-likeness (QED) is 0.889. The molecule has 1 aromatic heterocycles. The van der Waals surface area contributed by atoms with E-state index in [1.54, 1.807) is 18.2 Å². The van der Waals surface area contributed by atoms with Crippen LogP contribution in [0.15, 0.2) is 30.5 Å². The molecule has 1 aliphatic carbocycles. The van der Waals surface area contributed by atoms with Crippen LogP contribution in [0, 0.1) is 0 Å². The van der Waals surface area contributed by atoms with Crippen LogP contribution >= 0.6 is 0 Å². The zero-order chi connectivity index (χ0) is 14.3. The molecule has 0 bridgehead atoms. The molecule has 0 unspecified atom stereocenters. The molecule has 1 saturated carbocycles. The van der Waals surface area contributed by atoms with E-state index in [1.807, 2.05) is 0 Å². The fourth-order valence-electron chi connectivity index (χ4n) is 2.30. The Morgan fingerprint density at radius 1 is 1.10 bits per heavy atom. The molecule has 1 aromatic carbocycles. The topological polar surface area (TPSA) is 92.4 Å². The lowest BCUT2D eigenvalue weighted by atomic mass is 10.1. The highest BCUT2D eigenvalue weighted by Crippen LogP contribution is 2.42. The van der Waals surface area contributed by atoms with Gasteiger partial charge in [0.25, 0.3) is 0 Å². The second-order valence-corrected chi connectivity index (χ2v) is 4.76. The van der Waals surface area contributed by atoms with E-state index in [0.717, 1.165) is 12.8 Å². The van der Waals surface area contributed by atoms with Crippen molar-refractivity contribution in [3.8, 4) is 5.69 Å². The van der Waals surface area contributed by atoms with Gasteiger partial charge in [-0.15, -0.1) is 0 Å². The second-order valence-electron chi connectivity index (χ2n) is 4.76. The van der Waals surface area contributed by atoms with E-state index < -0.39 is 11.9 Å². The molecule has 1 aliphatic rings. The summed E-state index contributed by atoms with van der Waals surface area (Å²) in [7, 11) is 0. The second kappa shape index (κ2) is 4.48. The number of hydrogen-bond donors (Lipinski definition) is 2.